The van der Waals surface area contributed by atoms with Crippen LogP contribution < -0.4 is 0 Å². The Morgan fingerprint density at radius 3 is 2.82 bits per heavy atom. The quantitative estimate of drug-likeness (QED) is 0.815. The van der Waals surface area contributed by atoms with Gasteiger partial charge < -0.3 is 4.74 Å². The number of nitrogens with zero attached hydrogens (tertiary/aromatic N) is 1. The smallest absolute Gasteiger partial charge is 0.188 e. The Morgan fingerprint density at radius 1 is 1.41 bits per heavy atom. The molecule has 0 aliphatic carbocycles. The van der Waals surface area contributed by atoms with E-state index >= 15 is 0 Å². The average molecular weight is 272 g/mol. The lowest BCUT2D eigenvalue weighted by Gasteiger charge is -2.06. The highest BCUT2D eigenvalue weighted by atomic mass is 35.5. The molecule has 0 radical (unpaired) electrons. The van der Waals surface area contributed by atoms with E-state index in [1.165, 1.54) is 0 Å². The van der Waals surface area contributed by atoms with Gasteiger partial charge in [-0.05, 0) is 17.5 Å². The summed E-state index contributed by atoms with van der Waals surface area (Å²) < 4.78 is 5.57. The molecule has 1 aromatic carbocycles. The zero-order valence-electron chi connectivity index (χ0n) is 9.91. The van der Waals surface area contributed by atoms with Crippen molar-refractivity contribution in [2.75, 3.05) is 6.61 Å². The summed E-state index contributed by atoms with van der Waals surface area (Å²) >= 11 is 12.1. The van der Waals surface area contributed by atoms with Crippen molar-refractivity contribution in [3.05, 3.63) is 33.8 Å². The van der Waals surface area contributed by atoms with E-state index in [9.17, 15) is 0 Å². The maximum absolute atomic E-state index is 6.13. The number of hydrogen-bond acceptors (Lipinski definition) is 2. The molecule has 1 atom stereocenters. The molecule has 0 saturated carbocycles. The van der Waals surface area contributed by atoms with Gasteiger partial charge in [-0.3, -0.25) is 0 Å². The Bertz CT molecular complexity index is 443. The Hall–Kier alpha value is -0.730. The molecule has 0 amide bonds. The monoisotopic (exact) mass is 271 g/mol. The summed E-state index contributed by atoms with van der Waals surface area (Å²) in [5.74, 6) is 1.26. The van der Waals surface area contributed by atoms with Crippen molar-refractivity contribution >= 4 is 29.1 Å². The highest BCUT2D eigenvalue weighted by Gasteiger charge is 2.22. The second-order valence-electron chi connectivity index (χ2n) is 4.53. The van der Waals surface area contributed by atoms with Crippen molar-refractivity contribution in [2.24, 2.45) is 10.9 Å². The van der Waals surface area contributed by atoms with Gasteiger partial charge in [0.25, 0.3) is 0 Å². The topological polar surface area (TPSA) is 21.6 Å². The van der Waals surface area contributed by atoms with Gasteiger partial charge in [-0.15, -0.1) is 0 Å². The van der Waals surface area contributed by atoms with Gasteiger partial charge in [0.1, 0.15) is 6.61 Å². The van der Waals surface area contributed by atoms with Crippen LogP contribution in [0.4, 0.5) is 0 Å². The first-order valence-electron chi connectivity index (χ1n) is 5.70. The van der Waals surface area contributed by atoms with Crippen LogP contribution in [0.25, 0.3) is 0 Å². The summed E-state index contributed by atoms with van der Waals surface area (Å²) in [5, 5.41) is 1.16. The lowest BCUT2D eigenvalue weighted by atomic mass is 10.1. The molecule has 2 rings (SSSR count). The minimum absolute atomic E-state index is 0.267. The van der Waals surface area contributed by atoms with Crippen LogP contribution in [0.2, 0.25) is 10.0 Å². The third-order valence-corrected chi connectivity index (χ3v) is 3.73. The zero-order valence-corrected chi connectivity index (χ0v) is 11.4. The summed E-state index contributed by atoms with van der Waals surface area (Å²) in [6.07, 6.45) is 0.614. The molecule has 2 nitrogen and oxygen atoms in total. The van der Waals surface area contributed by atoms with Crippen molar-refractivity contribution in [2.45, 2.75) is 26.3 Å². The standard InChI is InChI=1S/C13H15Cl2NO/c1-8(2)11-7-17-12(16-11)6-9-4-3-5-10(14)13(9)15/h3-5,8,11H,6-7H2,1-2H3/t11-/m0/s1. The molecule has 1 heterocycles. The first kappa shape index (κ1) is 12.7. The van der Waals surface area contributed by atoms with Crippen LogP contribution in [0.15, 0.2) is 23.2 Å². The highest BCUT2D eigenvalue weighted by molar-refractivity contribution is 6.42. The van der Waals surface area contributed by atoms with Crippen molar-refractivity contribution in [1.29, 1.82) is 0 Å². The Kier molecular flexibility index (Phi) is 3.95. The predicted octanol–water partition coefficient (Wildman–Crippen LogP) is 3.99. The van der Waals surface area contributed by atoms with Crippen LogP contribution in [-0.4, -0.2) is 18.5 Å². The second kappa shape index (κ2) is 5.28. The Balaban J connectivity index is 2.12. The number of ether oxygens (including phenoxy) is 1. The molecule has 4 heteroatoms. The molecule has 17 heavy (non-hydrogen) atoms. The first-order chi connectivity index (χ1) is 8.08. The molecular formula is C13H15Cl2NO. The third-order valence-electron chi connectivity index (χ3n) is 2.87. The summed E-state index contributed by atoms with van der Waals surface area (Å²) in [7, 11) is 0. The maximum Gasteiger partial charge on any atom is 0.188 e. The van der Waals surface area contributed by atoms with Crippen LogP contribution >= 0.6 is 23.2 Å². The first-order valence-corrected chi connectivity index (χ1v) is 6.46. The summed E-state index contributed by atoms with van der Waals surface area (Å²) in [6, 6.07) is 5.88. The van der Waals surface area contributed by atoms with Gasteiger partial charge in [0.2, 0.25) is 0 Å². The fourth-order valence-electron chi connectivity index (χ4n) is 1.73. The Labute approximate surface area is 112 Å². The van der Waals surface area contributed by atoms with Gasteiger partial charge in [-0.25, -0.2) is 4.99 Å². The number of hydrogen-bond donors (Lipinski definition) is 0. The van der Waals surface area contributed by atoms with E-state index in [1.807, 2.05) is 12.1 Å². The lowest BCUT2D eigenvalue weighted by molar-refractivity contribution is 0.287. The molecule has 0 N–H and O–H groups in total. The van der Waals surface area contributed by atoms with E-state index in [0.29, 0.717) is 29.0 Å². The normalized spacial score (nSPS) is 19.4. The van der Waals surface area contributed by atoms with Gasteiger partial charge in [0.05, 0.1) is 22.5 Å². The van der Waals surface area contributed by atoms with E-state index in [-0.39, 0.29) is 6.04 Å². The van der Waals surface area contributed by atoms with Crippen molar-refractivity contribution in [3.8, 4) is 0 Å². The van der Waals surface area contributed by atoms with Crippen LogP contribution in [-0.2, 0) is 11.2 Å². The van der Waals surface area contributed by atoms with Gasteiger partial charge >= 0.3 is 0 Å². The molecule has 1 aliphatic rings. The molecule has 0 unspecified atom stereocenters. The molecule has 1 aliphatic heterocycles. The summed E-state index contributed by atoms with van der Waals surface area (Å²) in [6.45, 7) is 4.96. The van der Waals surface area contributed by atoms with Crippen LogP contribution in [0, 0.1) is 5.92 Å². The van der Waals surface area contributed by atoms with Crippen LogP contribution in [0.3, 0.4) is 0 Å². The number of rotatable bonds is 3. The molecule has 0 fully saturated rings. The molecular weight excluding hydrogens is 257 g/mol. The number of halogens is 2. The van der Waals surface area contributed by atoms with E-state index in [2.05, 4.69) is 18.8 Å². The fourth-order valence-corrected chi connectivity index (χ4v) is 2.11. The minimum Gasteiger partial charge on any atom is -0.478 e. The van der Waals surface area contributed by atoms with E-state index in [1.54, 1.807) is 6.07 Å². The van der Waals surface area contributed by atoms with Gasteiger partial charge in [-0.2, -0.15) is 0 Å². The maximum atomic E-state index is 6.13. The van der Waals surface area contributed by atoms with Crippen LogP contribution in [0.5, 0.6) is 0 Å². The SMILES string of the molecule is CC(C)[C@@H]1COC(Cc2cccc(Cl)c2Cl)=N1. The predicted molar refractivity (Wildman–Crippen MR) is 72.2 cm³/mol. The van der Waals surface area contributed by atoms with Crippen molar-refractivity contribution in [3.63, 3.8) is 0 Å². The second-order valence-corrected chi connectivity index (χ2v) is 5.32. The van der Waals surface area contributed by atoms with E-state index in [4.69, 9.17) is 27.9 Å². The zero-order chi connectivity index (χ0) is 12.4. The largest absolute Gasteiger partial charge is 0.478 e. The van der Waals surface area contributed by atoms with Gasteiger partial charge in [0.15, 0.2) is 5.90 Å². The van der Waals surface area contributed by atoms with Gasteiger partial charge in [0, 0.05) is 0 Å². The molecule has 0 saturated heterocycles. The number of benzene rings is 1. The van der Waals surface area contributed by atoms with E-state index in [0.717, 1.165) is 11.5 Å². The number of aliphatic imine (C=N–C) groups is 1. The third kappa shape index (κ3) is 2.93. The van der Waals surface area contributed by atoms with Crippen molar-refractivity contribution < 1.29 is 4.74 Å². The summed E-state index contributed by atoms with van der Waals surface area (Å²) in [4.78, 5) is 4.55. The molecule has 0 spiro atoms. The minimum atomic E-state index is 0.267. The van der Waals surface area contributed by atoms with E-state index < -0.39 is 0 Å². The van der Waals surface area contributed by atoms with Gasteiger partial charge in [-0.1, -0.05) is 49.2 Å². The average Bonchev–Trinajstić information content (AvgIpc) is 2.73. The molecule has 92 valence electrons. The molecule has 1 aromatic rings. The molecule has 0 aromatic heterocycles. The summed E-state index contributed by atoms with van der Waals surface area (Å²) in [5.41, 5.74) is 0.960. The molecule has 0 bridgehead atoms. The fraction of sp³-hybridized carbons (Fsp3) is 0.462. The Morgan fingerprint density at radius 2 is 2.18 bits per heavy atom. The van der Waals surface area contributed by atoms with Crippen molar-refractivity contribution in [1.82, 2.24) is 0 Å². The van der Waals surface area contributed by atoms with Crippen LogP contribution in [0.1, 0.15) is 19.4 Å². The lowest BCUT2D eigenvalue weighted by Crippen LogP contribution is -2.13. The highest BCUT2D eigenvalue weighted by Crippen LogP contribution is 2.27.